The highest BCUT2D eigenvalue weighted by molar-refractivity contribution is 5.97. The number of anilines is 2. The fourth-order valence-electron chi connectivity index (χ4n) is 4.22. The number of ether oxygens (including phenoxy) is 2. The van der Waals surface area contributed by atoms with Crippen molar-refractivity contribution in [3.8, 4) is 11.5 Å². The first kappa shape index (κ1) is 29.6. The maximum Gasteiger partial charge on any atom is 0.247 e. The average molecular weight is 567 g/mol. The topological polar surface area (TPSA) is 165 Å². The zero-order valence-electron chi connectivity index (χ0n) is 23.2. The third-order valence-corrected chi connectivity index (χ3v) is 6.42. The molecule has 0 heterocycles. The summed E-state index contributed by atoms with van der Waals surface area (Å²) >= 11 is 0. The largest absolute Gasteiger partial charge is 0.493 e. The zero-order chi connectivity index (χ0) is 29.9. The van der Waals surface area contributed by atoms with Gasteiger partial charge in [0.1, 0.15) is 18.5 Å². The average Bonchev–Trinajstić information content (AvgIpc) is 3.02. The Balaban J connectivity index is 1.73. The highest BCUT2D eigenvalue weighted by atomic mass is 16.5. The van der Waals surface area contributed by atoms with Crippen molar-refractivity contribution >= 4 is 29.0 Å². The minimum absolute atomic E-state index is 0.0682. The SMILES string of the molecule is COc1cc(C(Nc2ccc(C(=N)N)cc2)C(=O)NCc2ccccc2)c(NC(=O)CN)cc1OCc1ccccc1. The van der Waals surface area contributed by atoms with E-state index < -0.39 is 11.9 Å². The molecule has 0 radical (unpaired) electrons. The van der Waals surface area contributed by atoms with Gasteiger partial charge in [0, 0.05) is 29.4 Å². The van der Waals surface area contributed by atoms with Crippen LogP contribution < -0.4 is 36.9 Å². The molecule has 1 atom stereocenters. The van der Waals surface area contributed by atoms with Crippen LogP contribution in [0.1, 0.15) is 28.3 Å². The van der Waals surface area contributed by atoms with E-state index in [1.165, 1.54) is 7.11 Å². The number of benzene rings is 4. The molecule has 8 N–H and O–H groups in total. The number of amidine groups is 1. The van der Waals surface area contributed by atoms with Gasteiger partial charge in [0.2, 0.25) is 11.8 Å². The van der Waals surface area contributed by atoms with Crippen LogP contribution in [-0.4, -0.2) is 31.3 Å². The maximum absolute atomic E-state index is 13.8. The summed E-state index contributed by atoms with van der Waals surface area (Å²) in [6.07, 6.45) is 0. The number of hydrogen-bond acceptors (Lipinski definition) is 7. The summed E-state index contributed by atoms with van der Waals surface area (Å²) in [6.45, 7) is 0.306. The van der Waals surface area contributed by atoms with Crippen molar-refractivity contribution in [1.29, 1.82) is 5.41 Å². The van der Waals surface area contributed by atoms with E-state index in [2.05, 4.69) is 16.0 Å². The molecule has 0 aliphatic rings. The highest BCUT2D eigenvalue weighted by Crippen LogP contribution is 2.38. The summed E-state index contributed by atoms with van der Waals surface area (Å²) in [5.41, 5.74) is 15.0. The fourth-order valence-corrected chi connectivity index (χ4v) is 4.22. The lowest BCUT2D eigenvalue weighted by Gasteiger charge is -2.24. The molecule has 2 amide bonds. The first-order valence-electron chi connectivity index (χ1n) is 13.3. The van der Waals surface area contributed by atoms with Crippen LogP contribution in [0.3, 0.4) is 0 Å². The number of rotatable bonds is 13. The van der Waals surface area contributed by atoms with E-state index in [1.54, 1.807) is 36.4 Å². The lowest BCUT2D eigenvalue weighted by atomic mass is 10.0. The van der Waals surface area contributed by atoms with Gasteiger partial charge >= 0.3 is 0 Å². The Bertz CT molecular complexity index is 1510. The second-order valence-corrected chi connectivity index (χ2v) is 9.39. The van der Waals surface area contributed by atoms with Crippen molar-refractivity contribution in [2.45, 2.75) is 19.2 Å². The summed E-state index contributed by atoms with van der Waals surface area (Å²) in [6, 6.07) is 28.3. The van der Waals surface area contributed by atoms with Crippen molar-refractivity contribution in [2.24, 2.45) is 11.5 Å². The van der Waals surface area contributed by atoms with Gasteiger partial charge in [-0.15, -0.1) is 0 Å². The third kappa shape index (κ3) is 7.86. The first-order chi connectivity index (χ1) is 20.4. The van der Waals surface area contributed by atoms with Crippen molar-refractivity contribution in [3.63, 3.8) is 0 Å². The third-order valence-electron chi connectivity index (χ3n) is 6.42. The Morgan fingerprint density at radius 2 is 1.52 bits per heavy atom. The minimum atomic E-state index is -0.970. The molecule has 10 heteroatoms. The van der Waals surface area contributed by atoms with Crippen molar-refractivity contribution in [3.05, 3.63) is 119 Å². The molecule has 216 valence electrons. The van der Waals surface area contributed by atoms with Gasteiger partial charge in [-0.05, 0) is 41.5 Å². The van der Waals surface area contributed by atoms with Crippen LogP contribution in [0.2, 0.25) is 0 Å². The molecule has 4 aromatic rings. The number of hydrogen-bond donors (Lipinski definition) is 6. The van der Waals surface area contributed by atoms with E-state index in [9.17, 15) is 9.59 Å². The predicted molar refractivity (Wildman–Crippen MR) is 164 cm³/mol. The minimum Gasteiger partial charge on any atom is -0.493 e. The molecule has 0 aliphatic carbocycles. The van der Waals surface area contributed by atoms with Crippen LogP contribution in [-0.2, 0) is 22.7 Å². The van der Waals surface area contributed by atoms with E-state index in [1.807, 2.05) is 60.7 Å². The van der Waals surface area contributed by atoms with E-state index in [0.29, 0.717) is 40.5 Å². The summed E-state index contributed by atoms with van der Waals surface area (Å²) < 4.78 is 11.7. The van der Waals surface area contributed by atoms with Gasteiger partial charge in [0.05, 0.1) is 19.3 Å². The molecule has 0 bridgehead atoms. The smallest absolute Gasteiger partial charge is 0.247 e. The Morgan fingerprint density at radius 1 is 0.881 bits per heavy atom. The number of nitrogens with one attached hydrogen (secondary N) is 4. The number of nitrogen functional groups attached to an aromatic ring is 1. The molecule has 0 saturated heterocycles. The summed E-state index contributed by atoms with van der Waals surface area (Å²) in [5, 5.41) is 16.7. The van der Waals surface area contributed by atoms with Gasteiger partial charge < -0.3 is 36.9 Å². The van der Waals surface area contributed by atoms with Gasteiger partial charge in [0.25, 0.3) is 0 Å². The first-order valence-corrected chi connectivity index (χ1v) is 13.3. The van der Waals surface area contributed by atoms with Crippen LogP contribution in [0.5, 0.6) is 11.5 Å². The predicted octanol–water partition coefficient (Wildman–Crippen LogP) is 3.93. The number of methoxy groups -OCH3 is 1. The quantitative estimate of drug-likeness (QED) is 0.105. The zero-order valence-corrected chi connectivity index (χ0v) is 23.2. The molecule has 42 heavy (non-hydrogen) atoms. The molecule has 4 aromatic carbocycles. The van der Waals surface area contributed by atoms with Crippen LogP contribution in [0, 0.1) is 5.41 Å². The second-order valence-electron chi connectivity index (χ2n) is 9.39. The molecule has 0 saturated carbocycles. The molecular formula is C32H34N6O4. The van der Waals surface area contributed by atoms with Crippen LogP contribution in [0.4, 0.5) is 11.4 Å². The van der Waals surface area contributed by atoms with Crippen molar-refractivity contribution in [1.82, 2.24) is 5.32 Å². The fraction of sp³-hybridized carbons (Fsp3) is 0.156. The lowest BCUT2D eigenvalue weighted by molar-refractivity contribution is -0.122. The van der Waals surface area contributed by atoms with Gasteiger partial charge in [-0.1, -0.05) is 60.7 Å². The van der Waals surface area contributed by atoms with Crippen LogP contribution in [0.15, 0.2) is 97.1 Å². The maximum atomic E-state index is 13.8. The number of carbonyl (C=O) groups excluding carboxylic acids is 2. The molecular weight excluding hydrogens is 532 g/mol. The van der Waals surface area contributed by atoms with Crippen molar-refractivity contribution < 1.29 is 19.1 Å². The monoisotopic (exact) mass is 566 g/mol. The Labute approximate surface area is 244 Å². The molecule has 0 spiro atoms. The van der Waals surface area contributed by atoms with Gasteiger partial charge in [0.15, 0.2) is 11.5 Å². The van der Waals surface area contributed by atoms with Gasteiger partial charge in [-0.25, -0.2) is 0 Å². The Hall–Kier alpha value is -5.35. The van der Waals surface area contributed by atoms with Crippen LogP contribution in [0.25, 0.3) is 0 Å². The molecule has 10 nitrogen and oxygen atoms in total. The molecule has 0 aliphatic heterocycles. The van der Waals surface area contributed by atoms with E-state index in [-0.39, 0.29) is 24.9 Å². The van der Waals surface area contributed by atoms with E-state index in [0.717, 1.165) is 11.1 Å². The summed E-state index contributed by atoms with van der Waals surface area (Å²) in [7, 11) is 1.50. The molecule has 0 fully saturated rings. The van der Waals surface area contributed by atoms with Crippen molar-refractivity contribution in [2.75, 3.05) is 24.3 Å². The van der Waals surface area contributed by atoms with Gasteiger partial charge in [-0.2, -0.15) is 0 Å². The van der Waals surface area contributed by atoms with E-state index >= 15 is 0 Å². The standard InChI is InChI=1S/C32H34N6O4/c1-41-27-16-25(26(38-29(39)18-33)17-28(27)42-20-22-10-6-3-7-11-22)30(32(40)36-19-21-8-4-2-5-9-21)37-24-14-12-23(13-15-24)31(34)35/h2-17,30,37H,18-20,33H2,1H3,(H3,34,35)(H,36,40)(H,38,39). The number of carbonyl (C=O) groups is 2. The number of nitrogens with two attached hydrogens (primary N) is 2. The van der Waals surface area contributed by atoms with E-state index in [4.69, 9.17) is 26.4 Å². The molecule has 0 aromatic heterocycles. The normalized spacial score (nSPS) is 11.2. The highest BCUT2D eigenvalue weighted by Gasteiger charge is 2.27. The molecule has 1 unspecified atom stereocenters. The second kappa shape index (κ2) is 14.3. The lowest BCUT2D eigenvalue weighted by Crippen LogP contribution is -2.34. The molecule has 4 rings (SSSR count). The van der Waals surface area contributed by atoms with Crippen LogP contribution >= 0.6 is 0 Å². The Kier molecular flexibility index (Phi) is 10.1. The number of amides is 2. The summed E-state index contributed by atoms with van der Waals surface area (Å²) in [5.74, 6) is -0.100. The summed E-state index contributed by atoms with van der Waals surface area (Å²) in [4.78, 5) is 26.2. The van der Waals surface area contributed by atoms with Gasteiger partial charge in [-0.3, -0.25) is 15.0 Å². The Morgan fingerprint density at radius 3 is 2.12 bits per heavy atom.